The van der Waals surface area contributed by atoms with E-state index >= 15 is 0 Å². The van der Waals surface area contributed by atoms with Crippen molar-refractivity contribution in [2.75, 3.05) is 16.8 Å². The largest absolute Gasteiger partial charge is 0.312 e. The van der Waals surface area contributed by atoms with E-state index in [4.69, 9.17) is 6.42 Å². The van der Waals surface area contributed by atoms with Crippen LogP contribution >= 0.6 is 11.3 Å². The zero-order chi connectivity index (χ0) is 15.9. The quantitative estimate of drug-likeness (QED) is 0.600. The number of nitrogens with zero attached hydrogens (tertiary/aromatic N) is 2. The van der Waals surface area contributed by atoms with Crippen molar-refractivity contribution in [2.45, 2.75) is 6.92 Å². The molecule has 1 atom stereocenters. The minimum atomic E-state index is -0.737. The molecule has 1 aromatic carbocycles. The Balaban J connectivity index is 2.25. The van der Waals surface area contributed by atoms with Crippen molar-refractivity contribution in [3.63, 3.8) is 0 Å². The number of para-hydroxylation sites is 1. The average Bonchev–Trinajstić information content (AvgIpc) is 2.95. The summed E-state index contributed by atoms with van der Waals surface area (Å²) in [5.74, 6) is 1.37. The Morgan fingerprint density at radius 1 is 1.18 bits per heavy atom. The number of carbonyl (C=O) groups excluding carboxylic acids is 2. The first-order chi connectivity index (χ1) is 10.5. The molecule has 2 amide bonds. The summed E-state index contributed by atoms with van der Waals surface area (Å²) in [6.07, 6.45) is 5.48. The monoisotopic (exact) mass is 310 g/mol. The number of hydrogen-bond donors (Lipinski definition) is 0. The van der Waals surface area contributed by atoms with E-state index in [1.54, 1.807) is 24.9 Å². The predicted octanol–water partition coefficient (Wildman–Crippen LogP) is 3.01. The molecule has 0 radical (unpaired) electrons. The molecule has 0 bridgehead atoms. The van der Waals surface area contributed by atoms with Gasteiger partial charge >= 0.3 is 0 Å². The Bertz CT molecular complexity index is 789. The number of hydrogen-bond acceptors (Lipinski definition) is 3. The minimum absolute atomic E-state index is 0.231. The number of anilines is 3. The van der Waals surface area contributed by atoms with Gasteiger partial charge in [0.2, 0.25) is 11.8 Å². The SMILES string of the molecule is C#Cc1cc2c(s1)N(c1ccccc1)C(=O)C(C)C(=O)N2C. The molecule has 1 unspecified atom stereocenters. The molecule has 0 aliphatic carbocycles. The fraction of sp³-hybridized carbons (Fsp3) is 0.176. The van der Waals surface area contributed by atoms with Crippen LogP contribution in [0.2, 0.25) is 0 Å². The highest BCUT2D eigenvalue weighted by Gasteiger charge is 2.38. The molecule has 1 aliphatic rings. The standard InChI is InChI=1S/C17H14N2O2S/c1-4-13-10-14-17(22-13)19(12-8-6-5-7-9-12)16(21)11(2)15(20)18(14)3/h1,5-11H,2-3H3. The lowest BCUT2D eigenvalue weighted by molar-refractivity contribution is -0.130. The lowest BCUT2D eigenvalue weighted by Crippen LogP contribution is -2.37. The van der Waals surface area contributed by atoms with E-state index in [0.29, 0.717) is 15.6 Å². The summed E-state index contributed by atoms with van der Waals surface area (Å²) in [5, 5.41) is 0.685. The van der Waals surface area contributed by atoms with E-state index < -0.39 is 5.92 Å². The van der Waals surface area contributed by atoms with Gasteiger partial charge in [-0.05, 0) is 25.1 Å². The maximum absolute atomic E-state index is 12.8. The second kappa shape index (κ2) is 5.32. The first-order valence-corrected chi connectivity index (χ1v) is 7.63. The van der Waals surface area contributed by atoms with Gasteiger partial charge in [-0.3, -0.25) is 14.5 Å². The van der Waals surface area contributed by atoms with Crippen LogP contribution in [0.3, 0.4) is 0 Å². The highest BCUT2D eigenvalue weighted by Crippen LogP contribution is 2.44. The maximum Gasteiger partial charge on any atom is 0.244 e. The third-order valence-electron chi connectivity index (χ3n) is 3.71. The van der Waals surface area contributed by atoms with Gasteiger partial charge in [0.05, 0.1) is 10.6 Å². The molecule has 2 aromatic rings. The van der Waals surface area contributed by atoms with Crippen LogP contribution in [0.25, 0.3) is 0 Å². The molecule has 0 saturated carbocycles. The van der Waals surface area contributed by atoms with Gasteiger partial charge in [-0.2, -0.15) is 0 Å². The van der Waals surface area contributed by atoms with Gasteiger partial charge in [0, 0.05) is 12.7 Å². The minimum Gasteiger partial charge on any atom is -0.312 e. The maximum atomic E-state index is 12.8. The van der Waals surface area contributed by atoms with Crippen LogP contribution in [0.4, 0.5) is 16.4 Å². The number of rotatable bonds is 1. The van der Waals surface area contributed by atoms with E-state index in [1.165, 1.54) is 16.2 Å². The molecule has 1 aliphatic heterocycles. The van der Waals surface area contributed by atoms with Crippen molar-refractivity contribution in [1.29, 1.82) is 0 Å². The number of thiophene rings is 1. The third kappa shape index (κ3) is 2.09. The van der Waals surface area contributed by atoms with Gasteiger partial charge in [0.25, 0.3) is 0 Å². The summed E-state index contributed by atoms with van der Waals surface area (Å²) >= 11 is 1.34. The average molecular weight is 310 g/mol. The molecule has 0 fully saturated rings. The van der Waals surface area contributed by atoms with Crippen molar-refractivity contribution in [3.05, 3.63) is 41.3 Å². The van der Waals surface area contributed by atoms with E-state index in [0.717, 1.165) is 5.69 Å². The van der Waals surface area contributed by atoms with Crippen LogP contribution < -0.4 is 9.80 Å². The van der Waals surface area contributed by atoms with Crippen LogP contribution in [0.15, 0.2) is 36.4 Å². The van der Waals surface area contributed by atoms with Crippen LogP contribution in [0.1, 0.15) is 11.8 Å². The molecule has 2 heterocycles. The van der Waals surface area contributed by atoms with Gasteiger partial charge in [-0.25, -0.2) is 0 Å². The van der Waals surface area contributed by atoms with E-state index in [2.05, 4.69) is 5.92 Å². The van der Waals surface area contributed by atoms with Crippen LogP contribution in [0.5, 0.6) is 0 Å². The molecule has 3 rings (SSSR count). The second-order valence-corrected chi connectivity index (χ2v) is 6.10. The smallest absolute Gasteiger partial charge is 0.244 e. The number of carbonyl (C=O) groups is 2. The highest BCUT2D eigenvalue weighted by atomic mass is 32.1. The van der Waals surface area contributed by atoms with E-state index in [9.17, 15) is 9.59 Å². The zero-order valence-electron chi connectivity index (χ0n) is 12.2. The predicted molar refractivity (Wildman–Crippen MR) is 88.4 cm³/mol. The third-order valence-corrected chi connectivity index (χ3v) is 4.75. The molecule has 0 spiro atoms. The summed E-state index contributed by atoms with van der Waals surface area (Å²) in [5.41, 5.74) is 1.40. The Hall–Kier alpha value is -2.58. The first kappa shape index (κ1) is 14.4. The lowest BCUT2D eigenvalue weighted by atomic mass is 10.1. The number of terminal acetylenes is 1. The van der Waals surface area contributed by atoms with Crippen LogP contribution in [0, 0.1) is 18.3 Å². The number of benzene rings is 1. The Morgan fingerprint density at radius 2 is 1.86 bits per heavy atom. The summed E-state index contributed by atoms with van der Waals surface area (Å²) < 4.78 is 0. The molecular formula is C17H14N2O2S. The molecule has 0 N–H and O–H groups in total. The normalized spacial score (nSPS) is 18.0. The summed E-state index contributed by atoms with van der Waals surface area (Å²) in [6, 6.07) is 11.1. The van der Waals surface area contributed by atoms with Gasteiger partial charge in [-0.15, -0.1) is 17.8 Å². The topological polar surface area (TPSA) is 40.6 Å². The molecule has 1 aromatic heterocycles. The number of fused-ring (bicyclic) bond motifs is 1. The van der Waals surface area contributed by atoms with Crippen molar-refractivity contribution >= 4 is 39.5 Å². The molecule has 110 valence electrons. The number of amides is 2. The molecule has 5 heteroatoms. The highest BCUT2D eigenvalue weighted by molar-refractivity contribution is 7.17. The lowest BCUT2D eigenvalue weighted by Gasteiger charge is -2.21. The Morgan fingerprint density at radius 3 is 2.50 bits per heavy atom. The Labute approximate surface area is 133 Å². The molecule has 0 saturated heterocycles. The summed E-state index contributed by atoms with van der Waals surface area (Å²) in [6.45, 7) is 1.63. The van der Waals surface area contributed by atoms with Crippen LogP contribution in [-0.4, -0.2) is 18.9 Å². The van der Waals surface area contributed by atoms with Crippen molar-refractivity contribution in [3.8, 4) is 12.3 Å². The van der Waals surface area contributed by atoms with Crippen molar-refractivity contribution in [2.24, 2.45) is 5.92 Å². The van der Waals surface area contributed by atoms with Gasteiger partial charge in [0.15, 0.2) is 0 Å². The van der Waals surface area contributed by atoms with E-state index in [1.807, 2.05) is 30.3 Å². The van der Waals surface area contributed by atoms with Crippen molar-refractivity contribution < 1.29 is 9.59 Å². The van der Waals surface area contributed by atoms with Crippen molar-refractivity contribution in [1.82, 2.24) is 0 Å². The Kier molecular flexibility index (Phi) is 3.47. The van der Waals surface area contributed by atoms with Gasteiger partial charge in [-0.1, -0.05) is 24.1 Å². The zero-order valence-corrected chi connectivity index (χ0v) is 13.1. The fourth-order valence-electron chi connectivity index (χ4n) is 2.47. The molecule has 22 heavy (non-hydrogen) atoms. The molecular weight excluding hydrogens is 296 g/mol. The second-order valence-electron chi connectivity index (χ2n) is 5.07. The fourth-order valence-corrected chi connectivity index (χ4v) is 3.50. The van der Waals surface area contributed by atoms with Gasteiger partial charge in [0.1, 0.15) is 10.9 Å². The summed E-state index contributed by atoms with van der Waals surface area (Å²) in [7, 11) is 1.67. The molecule has 4 nitrogen and oxygen atoms in total. The summed E-state index contributed by atoms with van der Waals surface area (Å²) in [4.78, 5) is 29.0. The van der Waals surface area contributed by atoms with E-state index in [-0.39, 0.29) is 11.8 Å². The van der Waals surface area contributed by atoms with Crippen LogP contribution in [-0.2, 0) is 9.59 Å². The van der Waals surface area contributed by atoms with Gasteiger partial charge < -0.3 is 4.90 Å². The first-order valence-electron chi connectivity index (χ1n) is 6.81.